The predicted octanol–water partition coefficient (Wildman–Crippen LogP) is 0.227. The Hall–Kier alpha value is 1.32. The molecule has 0 aromatic rings. The molecule has 0 bridgehead atoms. The fourth-order valence-electron chi connectivity index (χ4n) is 0.329. The molecule has 0 fully saturated rings. The highest BCUT2D eigenvalue weighted by Gasteiger charge is 1.76. The summed E-state index contributed by atoms with van der Waals surface area (Å²) in [4.78, 5) is 0. The smallest absolute Gasteiger partial charge is 0.00750 e. The molecule has 5 N–H and O–H groups in total. The van der Waals surface area contributed by atoms with Crippen LogP contribution in [0.3, 0.4) is 0 Å². The zero-order valence-corrected chi connectivity index (χ0v) is 10.8. The summed E-state index contributed by atoms with van der Waals surface area (Å²) in [6.45, 7) is 3.13. The average molecular weight is 346 g/mol. The molecule has 0 aromatic heterocycles. The minimum absolute atomic E-state index is 0. The summed E-state index contributed by atoms with van der Waals surface area (Å²) < 4.78 is 0. The van der Waals surface area contributed by atoms with Gasteiger partial charge in [-0.05, 0) is 0 Å². The van der Waals surface area contributed by atoms with Gasteiger partial charge in [-0.15, -0.1) is 50.9 Å². The van der Waals surface area contributed by atoms with E-state index in [1.54, 1.807) is 0 Å². The molecule has 0 spiro atoms. The summed E-state index contributed by atoms with van der Waals surface area (Å²) in [6.07, 6.45) is 0. The van der Waals surface area contributed by atoms with Crippen LogP contribution in [-0.4, -0.2) is 26.2 Å². The van der Waals surface area contributed by atoms with Crippen molar-refractivity contribution in [1.82, 2.24) is 5.32 Å². The van der Waals surface area contributed by atoms with Gasteiger partial charge in [0.05, 0.1) is 0 Å². The number of hydrogen-bond acceptors (Lipinski definition) is 3. The Morgan fingerprint density at radius 1 is 0.800 bits per heavy atom. The van der Waals surface area contributed by atoms with Crippen LogP contribution in [0.25, 0.3) is 0 Å². The first-order chi connectivity index (χ1) is 3.41. The molecule has 0 amide bonds. The van der Waals surface area contributed by atoms with E-state index in [2.05, 4.69) is 5.32 Å². The lowest BCUT2D eigenvalue weighted by atomic mass is 10.6. The SMILES string of the molecule is Br.Br.Br.NCCNCCN. The van der Waals surface area contributed by atoms with Crippen molar-refractivity contribution in [2.45, 2.75) is 0 Å². The molecule has 0 heterocycles. The molecule has 0 saturated carbocycles. The standard InChI is InChI=1S/C4H13N3.3BrH/c5-1-3-7-4-2-6;;;/h7H,1-6H2;3*1H. The number of nitrogens with two attached hydrogens (primary N) is 2. The van der Waals surface area contributed by atoms with Gasteiger partial charge in [-0.1, -0.05) is 0 Å². The molecule has 0 unspecified atom stereocenters. The van der Waals surface area contributed by atoms with Crippen LogP contribution in [0, 0.1) is 0 Å². The van der Waals surface area contributed by atoms with Crippen molar-refractivity contribution in [1.29, 1.82) is 0 Å². The lowest BCUT2D eigenvalue weighted by Crippen LogP contribution is -2.27. The number of nitrogens with one attached hydrogen (secondary N) is 1. The van der Waals surface area contributed by atoms with Gasteiger partial charge in [-0.2, -0.15) is 0 Å². The van der Waals surface area contributed by atoms with Gasteiger partial charge in [0.15, 0.2) is 0 Å². The van der Waals surface area contributed by atoms with Gasteiger partial charge >= 0.3 is 0 Å². The predicted molar refractivity (Wildman–Crippen MR) is 61.9 cm³/mol. The zero-order chi connectivity index (χ0) is 5.54. The first-order valence-corrected chi connectivity index (χ1v) is 2.52. The van der Waals surface area contributed by atoms with Crippen LogP contribution in [0.4, 0.5) is 0 Å². The second-order valence-electron chi connectivity index (χ2n) is 1.33. The first-order valence-electron chi connectivity index (χ1n) is 2.52. The second kappa shape index (κ2) is 22.4. The summed E-state index contributed by atoms with van der Waals surface area (Å²) in [6, 6.07) is 0. The van der Waals surface area contributed by atoms with Crippen molar-refractivity contribution < 1.29 is 0 Å². The topological polar surface area (TPSA) is 64.1 Å². The normalized spacial score (nSPS) is 6.60. The zero-order valence-electron chi connectivity index (χ0n) is 5.71. The third-order valence-corrected chi connectivity index (χ3v) is 0.642. The molecule has 6 heteroatoms. The van der Waals surface area contributed by atoms with Gasteiger partial charge in [0.25, 0.3) is 0 Å². The lowest BCUT2D eigenvalue weighted by molar-refractivity contribution is 0.696. The van der Waals surface area contributed by atoms with Crippen LogP contribution in [0.5, 0.6) is 0 Å². The van der Waals surface area contributed by atoms with E-state index in [9.17, 15) is 0 Å². The van der Waals surface area contributed by atoms with E-state index < -0.39 is 0 Å². The minimum atomic E-state index is 0. The maximum atomic E-state index is 5.17. The summed E-state index contributed by atoms with van der Waals surface area (Å²) in [5, 5.41) is 3.03. The van der Waals surface area contributed by atoms with Crippen LogP contribution in [0.15, 0.2) is 0 Å². The Kier molecular flexibility index (Phi) is 50.5. The minimum Gasteiger partial charge on any atom is -0.329 e. The molecule has 0 aliphatic carbocycles. The van der Waals surface area contributed by atoms with Crippen molar-refractivity contribution in [3.05, 3.63) is 0 Å². The third kappa shape index (κ3) is 22.8. The monoisotopic (exact) mass is 343 g/mol. The highest BCUT2D eigenvalue weighted by atomic mass is 79.9. The molecule has 0 rings (SSSR count). The molecule has 68 valence electrons. The second-order valence-corrected chi connectivity index (χ2v) is 1.33. The molecular formula is C4H16Br3N3. The Labute approximate surface area is 93.6 Å². The largest absolute Gasteiger partial charge is 0.329 e. The van der Waals surface area contributed by atoms with Crippen molar-refractivity contribution in [3.8, 4) is 0 Å². The lowest BCUT2D eigenvalue weighted by Gasteiger charge is -1.95. The average Bonchev–Trinajstić information content (AvgIpc) is 1.69. The van der Waals surface area contributed by atoms with Gasteiger partial charge in [0.2, 0.25) is 0 Å². The molecule has 10 heavy (non-hydrogen) atoms. The number of rotatable bonds is 4. The van der Waals surface area contributed by atoms with Crippen LogP contribution in [0.2, 0.25) is 0 Å². The third-order valence-electron chi connectivity index (χ3n) is 0.642. The van der Waals surface area contributed by atoms with Crippen molar-refractivity contribution in [2.24, 2.45) is 11.5 Å². The van der Waals surface area contributed by atoms with E-state index in [0.29, 0.717) is 13.1 Å². The fraction of sp³-hybridized carbons (Fsp3) is 1.00. The number of halogens is 3. The maximum absolute atomic E-state index is 5.17. The van der Waals surface area contributed by atoms with E-state index >= 15 is 0 Å². The molecule has 0 aliphatic heterocycles. The van der Waals surface area contributed by atoms with E-state index in [-0.39, 0.29) is 50.9 Å². The van der Waals surface area contributed by atoms with Crippen molar-refractivity contribution >= 4 is 50.9 Å². The van der Waals surface area contributed by atoms with Gasteiger partial charge in [0, 0.05) is 26.2 Å². The molecule has 0 aromatic carbocycles. The van der Waals surface area contributed by atoms with Gasteiger partial charge in [-0.25, -0.2) is 0 Å². The molecule has 0 saturated heterocycles. The molecule has 3 nitrogen and oxygen atoms in total. The van der Waals surface area contributed by atoms with Crippen LogP contribution >= 0.6 is 50.9 Å². The highest BCUT2D eigenvalue weighted by molar-refractivity contribution is 8.93. The Morgan fingerprint density at radius 2 is 1.10 bits per heavy atom. The quantitative estimate of drug-likeness (QED) is 0.639. The van der Waals surface area contributed by atoms with Crippen LogP contribution in [-0.2, 0) is 0 Å². The Balaban J connectivity index is -0.0000000600. The van der Waals surface area contributed by atoms with E-state index in [1.807, 2.05) is 0 Å². The van der Waals surface area contributed by atoms with E-state index in [4.69, 9.17) is 11.5 Å². The van der Waals surface area contributed by atoms with Gasteiger partial charge in [0.1, 0.15) is 0 Å². The summed E-state index contributed by atoms with van der Waals surface area (Å²) in [5.41, 5.74) is 10.3. The summed E-state index contributed by atoms with van der Waals surface area (Å²) >= 11 is 0. The molecule has 0 atom stereocenters. The highest BCUT2D eigenvalue weighted by Crippen LogP contribution is 1.49. The molecular weight excluding hydrogens is 330 g/mol. The van der Waals surface area contributed by atoms with E-state index in [0.717, 1.165) is 13.1 Å². The van der Waals surface area contributed by atoms with Crippen molar-refractivity contribution in [3.63, 3.8) is 0 Å². The maximum Gasteiger partial charge on any atom is 0.00750 e. The molecule has 0 aliphatic rings. The Morgan fingerprint density at radius 3 is 1.30 bits per heavy atom. The Bertz CT molecular complexity index is 34.9. The molecule has 0 radical (unpaired) electrons. The summed E-state index contributed by atoms with van der Waals surface area (Å²) in [7, 11) is 0. The first kappa shape index (κ1) is 22.5. The van der Waals surface area contributed by atoms with Gasteiger partial charge < -0.3 is 16.8 Å². The summed E-state index contributed by atoms with van der Waals surface area (Å²) in [5.74, 6) is 0. The van der Waals surface area contributed by atoms with Crippen LogP contribution < -0.4 is 16.8 Å². The van der Waals surface area contributed by atoms with Gasteiger partial charge in [-0.3, -0.25) is 0 Å². The van der Waals surface area contributed by atoms with Crippen molar-refractivity contribution in [2.75, 3.05) is 26.2 Å². The van der Waals surface area contributed by atoms with E-state index in [1.165, 1.54) is 0 Å². The van der Waals surface area contributed by atoms with Crippen LogP contribution in [0.1, 0.15) is 0 Å². The fourth-order valence-corrected chi connectivity index (χ4v) is 0.329. The number of hydrogen-bond donors (Lipinski definition) is 3.